The summed E-state index contributed by atoms with van der Waals surface area (Å²) in [6, 6.07) is 6.94. The molecular weight excluding hydrogens is 295 g/mol. The summed E-state index contributed by atoms with van der Waals surface area (Å²) in [5.74, 6) is 1.85. The minimum Gasteiger partial charge on any atom is -0.377 e. The largest absolute Gasteiger partial charge is 0.377 e. The van der Waals surface area contributed by atoms with Gasteiger partial charge in [0.15, 0.2) is 5.82 Å². The molecule has 1 aromatic carbocycles. The van der Waals surface area contributed by atoms with Gasteiger partial charge >= 0.3 is 0 Å². The summed E-state index contributed by atoms with van der Waals surface area (Å²) in [6.07, 6.45) is 2.15. The number of halogens is 1. The van der Waals surface area contributed by atoms with Crippen molar-refractivity contribution >= 4 is 0 Å². The van der Waals surface area contributed by atoms with Crippen molar-refractivity contribution in [1.82, 2.24) is 20.1 Å². The summed E-state index contributed by atoms with van der Waals surface area (Å²) in [5.41, 5.74) is 1.14. The predicted octanol–water partition coefficient (Wildman–Crippen LogP) is 2.79. The molecule has 0 fully saturated rings. The summed E-state index contributed by atoms with van der Waals surface area (Å²) in [4.78, 5) is 4.60. The minimum absolute atomic E-state index is 0.194. The first kappa shape index (κ1) is 16.1. The second-order valence-corrected chi connectivity index (χ2v) is 6.10. The normalized spacial score (nSPS) is 18.7. The SMILES string of the molecule is COCc1nc2n(n1)CCC[C@@H]2NC[C@@H](C)c1ccc(F)cc1. The van der Waals surface area contributed by atoms with E-state index in [1.54, 1.807) is 7.11 Å². The molecule has 0 aliphatic carbocycles. The van der Waals surface area contributed by atoms with Gasteiger partial charge in [-0.25, -0.2) is 14.1 Å². The zero-order valence-corrected chi connectivity index (χ0v) is 13.6. The van der Waals surface area contributed by atoms with E-state index in [-0.39, 0.29) is 11.9 Å². The summed E-state index contributed by atoms with van der Waals surface area (Å²) >= 11 is 0. The number of hydrogen-bond donors (Lipinski definition) is 1. The molecule has 0 unspecified atom stereocenters. The van der Waals surface area contributed by atoms with Crippen molar-refractivity contribution in [3.05, 3.63) is 47.3 Å². The van der Waals surface area contributed by atoms with Gasteiger partial charge in [0.2, 0.25) is 0 Å². The summed E-state index contributed by atoms with van der Waals surface area (Å²) < 4.78 is 20.1. The molecule has 2 atom stereocenters. The Hall–Kier alpha value is -1.79. The van der Waals surface area contributed by atoms with Crippen molar-refractivity contribution in [3.63, 3.8) is 0 Å². The van der Waals surface area contributed by atoms with E-state index in [1.165, 1.54) is 12.1 Å². The topological polar surface area (TPSA) is 52.0 Å². The van der Waals surface area contributed by atoms with Crippen LogP contribution in [-0.2, 0) is 17.9 Å². The van der Waals surface area contributed by atoms with E-state index < -0.39 is 0 Å². The van der Waals surface area contributed by atoms with Crippen molar-refractivity contribution in [2.45, 2.75) is 44.9 Å². The third-order valence-corrected chi connectivity index (χ3v) is 4.30. The number of hydrogen-bond acceptors (Lipinski definition) is 4. The molecule has 3 rings (SSSR count). The fraction of sp³-hybridized carbons (Fsp3) is 0.529. The number of aromatic nitrogens is 3. The van der Waals surface area contributed by atoms with E-state index in [9.17, 15) is 4.39 Å². The number of nitrogens with zero attached hydrogens (tertiary/aromatic N) is 3. The molecule has 124 valence electrons. The first-order valence-electron chi connectivity index (χ1n) is 8.08. The Morgan fingerprint density at radius 2 is 2.17 bits per heavy atom. The highest BCUT2D eigenvalue weighted by Gasteiger charge is 2.24. The van der Waals surface area contributed by atoms with Crippen LogP contribution in [-0.4, -0.2) is 28.4 Å². The number of rotatable bonds is 6. The van der Waals surface area contributed by atoms with Crippen LogP contribution >= 0.6 is 0 Å². The van der Waals surface area contributed by atoms with Crippen molar-refractivity contribution < 1.29 is 9.13 Å². The van der Waals surface area contributed by atoms with E-state index >= 15 is 0 Å². The Kier molecular flexibility index (Phi) is 5.03. The fourth-order valence-electron chi connectivity index (χ4n) is 3.01. The molecule has 2 heterocycles. The molecule has 0 bridgehead atoms. The molecule has 1 aliphatic rings. The molecule has 0 saturated carbocycles. The Balaban J connectivity index is 1.64. The van der Waals surface area contributed by atoms with Gasteiger partial charge in [-0.2, -0.15) is 5.10 Å². The Morgan fingerprint density at radius 1 is 1.39 bits per heavy atom. The van der Waals surface area contributed by atoms with Gasteiger partial charge in [0, 0.05) is 20.2 Å². The first-order valence-corrected chi connectivity index (χ1v) is 8.08. The molecule has 0 saturated heterocycles. The Labute approximate surface area is 135 Å². The summed E-state index contributed by atoms with van der Waals surface area (Å²) in [6.45, 7) is 4.32. The van der Waals surface area contributed by atoms with Crippen LogP contribution in [0.5, 0.6) is 0 Å². The molecule has 0 radical (unpaired) electrons. The zero-order chi connectivity index (χ0) is 16.2. The molecule has 2 aromatic rings. The molecule has 23 heavy (non-hydrogen) atoms. The van der Waals surface area contributed by atoms with Crippen LogP contribution in [0.4, 0.5) is 4.39 Å². The average molecular weight is 318 g/mol. The molecule has 0 spiro atoms. The number of methoxy groups -OCH3 is 1. The molecule has 0 amide bonds. The highest BCUT2D eigenvalue weighted by Crippen LogP contribution is 2.24. The molecule has 1 aromatic heterocycles. The van der Waals surface area contributed by atoms with Gasteiger partial charge in [-0.1, -0.05) is 19.1 Å². The third-order valence-electron chi connectivity index (χ3n) is 4.30. The predicted molar refractivity (Wildman–Crippen MR) is 85.5 cm³/mol. The third kappa shape index (κ3) is 3.76. The minimum atomic E-state index is -0.194. The number of fused-ring (bicyclic) bond motifs is 1. The number of benzene rings is 1. The van der Waals surface area contributed by atoms with Gasteiger partial charge in [0.05, 0.1) is 6.04 Å². The van der Waals surface area contributed by atoms with Crippen molar-refractivity contribution in [1.29, 1.82) is 0 Å². The van der Waals surface area contributed by atoms with E-state index in [0.29, 0.717) is 12.5 Å². The number of nitrogens with one attached hydrogen (secondary N) is 1. The zero-order valence-electron chi connectivity index (χ0n) is 13.6. The van der Waals surface area contributed by atoms with Crippen LogP contribution in [0, 0.1) is 5.82 Å². The van der Waals surface area contributed by atoms with Crippen molar-refractivity contribution in [2.24, 2.45) is 0 Å². The van der Waals surface area contributed by atoms with Gasteiger partial charge in [0.25, 0.3) is 0 Å². The molecule has 1 aliphatic heterocycles. The molecular formula is C17H23FN4O. The second kappa shape index (κ2) is 7.19. The first-order chi connectivity index (χ1) is 11.2. The van der Waals surface area contributed by atoms with E-state index in [2.05, 4.69) is 22.3 Å². The number of ether oxygens (including phenoxy) is 1. The molecule has 6 heteroatoms. The lowest BCUT2D eigenvalue weighted by molar-refractivity contribution is 0.177. The van der Waals surface area contributed by atoms with Crippen LogP contribution in [0.3, 0.4) is 0 Å². The lowest BCUT2D eigenvalue weighted by Crippen LogP contribution is -2.31. The summed E-state index contributed by atoms with van der Waals surface area (Å²) in [5, 5.41) is 8.07. The van der Waals surface area contributed by atoms with Gasteiger partial charge in [-0.05, 0) is 36.5 Å². The van der Waals surface area contributed by atoms with Gasteiger partial charge in [-0.15, -0.1) is 0 Å². The summed E-state index contributed by atoms with van der Waals surface area (Å²) in [7, 11) is 1.65. The standard InChI is InChI=1S/C17H23FN4O/c1-12(13-5-7-14(18)8-6-13)10-19-15-4-3-9-22-17(15)20-16(21-22)11-23-2/h5-8,12,15,19H,3-4,9-11H2,1-2H3/t12-,15+/m1/s1. The smallest absolute Gasteiger partial charge is 0.176 e. The maximum atomic E-state index is 13.0. The van der Waals surface area contributed by atoms with Crippen LogP contribution in [0.25, 0.3) is 0 Å². The van der Waals surface area contributed by atoms with Crippen LogP contribution in [0.2, 0.25) is 0 Å². The maximum Gasteiger partial charge on any atom is 0.176 e. The van der Waals surface area contributed by atoms with Crippen LogP contribution in [0.15, 0.2) is 24.3 Å². The average Bonchev–Trinajstić information content (AvgIpc) is 2.96. The molecule has 1 N–H and O–H groups in total. The quantitative estimate of drug-likeness (QED) is 0.890. The van der Waals surface area contributed by atoms with Crippen LogP contribution < -0.4 is 5.32 Å². The lowest BCUT2D eigenvalue weighted by Gasteiger charge is -2.24. The van der Waals surface area contributed by atoms with Gasteiger partial charge in [0.1, 0.15) is 18.2 Å². The molecule has 5 nitrogen and oxygen atoms in total. The van der Waals surface area contributed by atoms with Crippen molar-refractivity contribution in [2.75, 3.05) is 13.7 Å². The Bertz CT molecular complexity index is 641. The lowest BCUT2D eigenvalue weighted by atomic mass is 10.00. The second-order valence-electron chi connectivity index (χ2n) is 6.10. The van der Waals surface area contributed by atoms with Gasteiger partial charge < -0.3 is 10.1 Å². The number of aryl methyl sites for hydroxylation is 1. The Morgan fingerprint density at radius 3 is 2.91 bits per heavy atom. The fourth-order valence-corrected chi connectivity index (χ4v) is 3.01. The van der Waals surface area contributed by atoms with E-state index in [0.717, 1.165) is 43.1 Å². The van der Waals surface area contributed by atoms with Gasteiger partial charge in [-0.3, -0.25) is 0 Å². The van der Waals surface area contributed by atoms with Crippen LogP contribution in [0.1, 0.15) is 48.9 Å². The monoisotopic (exact) mass is 318 g/mol. The highest BCUT2D eigenvalue weighted by molar-refractivity contribution is 5.20. The van der Waals surface area contributed by atoms with Crippen molar-refractivity contribution in [3.8, 4) is 0 Å². The maximum absolute atomic E-state index is 13.0. The van der Waals surface area contributed by atoms with E-state index in [4.69, 9.17) is 4.74 Å². The highest BCUT2D eigenvalue weighted by atomic mass is 19.1. The van der Waals surface area contributed by atoms with E-state index in [1.807, 2.05) is 16.8 Å².